The molecule has 4 nitrogen and oxygen atoms in total. The highest BCUT2D eigenvalue weighted by molar-refractivity contribution is 5.23. The lowest BCUT2D eigenvalue weighted by atomic mass is 9.93. The Morgan fingerprint density at radius 2 is 2.12 bits per heavy atom. The predicted octanol–water partition coefficient (Wildman–Crippen LogP) is 1.73. The molecule has 2 aromatic heterocycles. The minimum Gasteiger partial charge on any atom is -0.317 e. The van der Waals surface area contributed by atoms with E-state index in [1.54, 1.807) is 6.20 Å². The van der Waals surface area contributed by atoms with Crippen molar-refractivity contribution >= 4 is 0 Å². The zero-order valence-electron chi connectivity index (χ0n) is 9.71. The Hall–Kier alpha value is -1.68. The maximum atomic E-state index is 4.40. The average molecular weight is 228 g/mol. The van der Waals surface area contributed by atoms with E-state index in [0.717, 1.165) is 18.9 Å². The minimum atomic E-state index is 0.647. The molecular weight excluding hydrogens is 212 g/mol. The van der Waals surface area contributed by atoms with Gasteiger partial charge in [-0.2, -0.15) is 5.10 Å². The molecule has 1 aliphatic rings. The Bertz CT molecular complexity index is 471. The highest BCUT2D eigenvalue weighted by Gasteiger charge is 2.16. The first-order valence-corrected chi connectivity index (χ1v) is 6.10. The van der Waals surface area contributed by atoms with Gasteiger partial charge in [0.25, 0.3) is 0 Å². The first-order chi connectivity index (χ1) is 8.43. The fourth-order valence-corrected chi connectivity index (χ4v) is 2.32. The van der Waals surface area contributed by atoms with Crippen LogP contribution in [0, 0.1) is 0 Å². The SMILES string of the molecule is c1ccc(-n2cc(C3CCNCC3)cn2)nc1. The lowest BCUT2D eigenvalue weighted by Crippen LogP contribution is -2.26. The van der Waals surface area contributed by atoms with E-state index in [1.165, 1.54) is 18.4 Å². The van der Waals surface area contributed by atoms with Gasteiger partial charge in [0.2, 0.25) is 0 Å². The smallest absolute Gasteiger partial charge is 0.153 e. The van der Waals surface area contributed by atoms with Crippen LogP contribution in [0.1, 0.15) is 24.3 Å². The van der Waals surface area contributed by atoms with E-state index in [1.807, 2.05) is 29.1 Å². The summed E-state index contributed by atoms with van der Waals surface area (Å²) < 4.78 is 1.86. The molecule has 17 heavy (non-hydrogen) atoms. The molecule has 1 N–H and O–H groups in total. The van der Waals surface area contributed by atoms with E-state index in [-0.39, 0.29) is 0 Å². The van der Waals surface area contributed by atoms with Gasteiger partial charge in [0.15, 0.2) is 5.82 Å². The molecule has 0 aliphatic carbocycles. The Morgan fingerprint density at radius 1 is 1.24 bits per heavy atom. The van der Waals surface area contributed by atoms with Gasteiger partial charge in [-0.3, -0.25) is 0 Å². The van der Waals surface area contributed by atoms with Gasteiger partial charge in [-0.05, 0) is 49.5 Å². The number of hydrogen-bond acceptors (Lipinski definition) is 3. The molecule has 0 aromatic carbocycles. The maximum absolute atomic E-state index is 4.40. The van der Waals surface area contributed by atoms with Crippen molar-refractivity contribution < 1.29 is 0 Å². The summed E-state index contributed by atoms with van der Waals surface area (Å²) in [6.07, 6.45) is 8.28. The lowest BCUT2D eigenvalue weighted by Gasteiger charge is -2.21. The normalized spacial score (nSPS) is 17.2. The van der Waals surface area contributed by atoms with Crippen molar-refractivity contribution in [2.45, 2.75) is 18.8 Å². The van der Waals surface area contributed by atoms with Crippen LogP contribution in [0.3, 0.4) is 0 Å². The van der Waals surface area contributed by atoms with E-state index in [0.29, 0.717) is 5.92 Å². The van der Waals surface area contributed by atoms with E-state index in [2.05, 4.69) is 21.6 Å². The van der Waals surface area contributed by atoms with Gasteiger partial charge in [0, 0.05) is 12.4 Å². The van der Waals surface area contributed by atoms with Crippen LogP contribution in [0.25, 0.3) is 5.82 Å². The van der Waals surface area contributed by atoms with Crippen LogP contribution in [0.4, 0.5) is 0 Å². The zero-order valence-corrected chi connectivity index (χ0v) is 9.71. The van der Waals surface area contributed by atoms with Crippen LogP contribution in [0.2, 0.25) is 0 Å². The van der Waals surface area contributed by atoms with Gasteiger partial charge in [0.1, 0.15) is 0 Å². The molecule has 0 spiro atoms. The summed E-state index contributed by atoms with van der Waals surface area (Å²) in [4.78, 5) is 4.30. The van der Waals surface area contributed by atoms with Crippen molar-refractivity contribution in [3.63, 3.8) is 0 Å². The Labute approximate surface area is 101 Å². The van der Waals surface area contributed by atoms with Gasteiger partial charge in [-0.1, -0.05) is 6.07 Å². The zero-order chi connectivity index (χ0) is 11.5. The van der Waals surface area contributed by atoms with Crippen LogP contribution in [0.5, 0.6) is 0 Å². The summed E-state index contributed by atoms with van der Waals surface area (Å²) in [6, 6.07) is 5.87. The summed E-state index contributed by atoms with van der Waals surface area (Å²) in [6.45, 7) is 2.22. The van der Waals surface area contributed by atoms with Crippen molar-refractivity contribution in [3.8, 4) is 5.82 Å². The van der Waals surface area contributed by atoms with Crippen LogP contribution >= 0.6 is 0 Å². The third-order valence-corrected chi connectivity index (χ3v) is 3.30. The van der Waals surface area contributed by atoms with E-state index < -0.39 is 0 Å². The topological polar surface area (TPSA) is 42.7 Å². The highest BCUT2D eigenvalue weighted by Crippen LogP contribution is 2.24. The molecule has 0 atom stereocenters. The minimum absolute atomic E-state index is 0.647. The highest BCUT2D eigenvalue weighted by atomic mass is 15.3. The fourth-order valence-electron chi connectivity index (χ4n) is 2.32. The number of nitrogens with one attached hydrogen (secondary N) is 1. The molecule has 0 saturated carbocycles. The second-order valence-corrected chi connectivity index (χ2v) is 4.43. The van der Waals surface area contributed by atoms with Gasteiger partial charge in [-0.25, -0.2) is 9.67 Å². The third kappa shape index (κ3) is 2.22. The number of pyridine rings is 1. The van der Waals surface area contributed by atoms with Crippen molar-refractivity contribution in [2.24, 2.45) is 0 Å². The van der Waals surface area contributed by atoms with Crippen molar-refractivity contribution in [1.82, 2.24) is 20.1 Å². The van der Waals surface area contributed by atoms with Gasteiger partial charge < -0.3 is 5.32 Å². The van der Waals surface area contributed by atoms with Crippen LogP contribution in [0.15, 0.2) is 36.8 Å². The monoisotopic (exact) mass is 228 g/mol. The van der Waals surface area contributed by atoms with Crippen molar-refractivity contribution in [1.29, 1.82) is 0 Å². The third-order valence-electron chi connectivity index (χ3n) is 3.30. The molecule has 88 valence electrons. The Morgan fingerprint density at radius 3 is 2.88 bits per heavy atom. The van der Waals surface area contributed by atoms with Gasteiger partial charge in [0.05, 0.1) is 6.20 Å². The summed E-state index contributed by atoms with van der Waals surface area (Å²) in [5.74, 6) is 1.53. The molecule has 0 amide bonds. The summed E-state index contributed by atoms with van der Waals surface area (Å²) >= 11 is 0. The second-order valence-electron chi connectivity index (χ2n) is 4.43. The van der Waals surface area contributed by atoms with E-state index in [9.17, 15) is 0 Å². The first kappa shape index (κ1) is 10.5. The standard InChI is InChI=1S/C13H16N4/c1-2-6-15-13(3-1)17-10-12(9-16-17)11-4-7-14-8-5-11/h1-3,6,9-11,14H,4-5,7-8H2. The molecule has 3 rings (SSSR count). The molecule has 1 fully saturated rings. The van der Waals surface area contributed by atoms with Gasteiger partial charge >= 0.3 is 0 Å². The molecule has 4 heteroatoms. The first-order valence-electron chi connectivity index (χ1n) is 6.10. The average Bonchev–Trinajstić information content (AvgIpc) is 2.90. The van der Waals surface area contributed by atoms with Gasteiger partial charge in [-0.15, -0.1) is 0 Å². The summed E-state index contributed by atoms with van der Waals surface area (Å²) in [5, 5.41) is 7.78. The van der Waals surface area contributed by atoms with Crippen molar-refractivity contribution in [2.75, 3.05) is 13.1 Å². The Kier molecular flexibility index (Phi) is 2.88. The van der Waals surface area contributed by atoms with E-state index in [4.69, 9.17) is 0 Å². The van der Waals surface area contributed by atoms with Crippen molar-refractivity contribution in [3.05, 3.63) is 42.4 Å². The largest absolute Gasteiger partial charge is 0.317 e. The molecule has 3 heterocycles. The Balaban J connectivity index is 1.83. The number of aromatic nitrogens is 3. The number of rotatable bonds is 2. The summed E-state index contributed by atoms with van der Waals surface area (Å²) in [7, 11) is 0. The molecular formula is C13H16N4. The fraction of sp³-hybridized carbons (Fsp3) is 0.385. The number of hydrogen-bond donors (Lipinski definition) is 1. The molecule has 1 aliphatic heterocycles. The van der Waals surface area contributed by atoms with E-state index >= 15 is 0 Å². The quantitative estimate of drug-likeness (QED) is 0.851. The summed E-state index contributed by atoms with van der Waals surface area (Å²) in [5.41, 5.74) is 1.33. The molecule has 0 radical (unpaired) electrons. The molecule has 0 bridgehead atoms. The second kappa shape index (κ2) is 4.67. The van der Waals surface area contributed by atoms with Crippen LogP contribution < -0.4 is 5.32 Å². The van der Waals surface area contributed by atoms with Crippen LogP contribution in [-0.4, -0.2) is 27.9 Å². The molecule has 1 saturated heterocycles. The predicted molar refractivity (Wildman–Crippen MR) is 66.2 cm³/mol. The molecule has 2 aromatic rings. The number of piperidine rings is 1. The molecule has 0 unspecified atom stereocenters. The lowest BCUT2D eigenvalue weighted by molar-refractivity contribution is 0.460. The van der Waals surface area contributed by atoms with Crippen LogP contribution in [-0.2, 0) is 0 Å². The number of nitrogens with zero attached hydrogens (tertiary/aromatic N) is 3. The maximum Gasteiger partial charge on any atom is 0.153 e.